The maximum absolute atomic E-state index is 12.6. The van der Waals surface area contributed by atoms with E-state index in [0.717, 1.165) is 36.8 Å². The van der Waals surface area contributed by atoms with Crippen LogP contribution in [0.5, 0.6) is 0 Å². The number of amides is 1. The predicted molar refractivity (Wildman–Crippen MR) is 100 cm³/mol. The molecule has 4 heterocycles. The fourth-order valence-electron chi connectivity index (χ4n) is 3.72. The molecule has 1 atom stereocenters. The molecule has 1 N–H and O–H groups in total. The molecule has 0 aliphatic carbocycles. The molecule has 1 fully saturated rings. The van der Waals surface area contributed by atoms with Gasteiger partial charge in [-0.25, -0.2) is 9.78 Å². The molecule has 4 rings (SSSR count). The van der Waals surface area contributed by atoms with E-state index in [1.165, 1.54) is 17.0 Å². The zero-order valence-corrected chi connectivity index (χ0v) is 16.5. The van der Waals surface area contributed by atoms with E-state index in [-0.39, 0.29) is 11.3 Å². The number of thiazole rings is 1. The third-order valence-corrected chi connectivity index (χ3v) is 5.73. The summed E-state index contributed by atoms with van der Waals surface area (Å²) in [6.45, 7) is 4.37. The number of hydrogen-bond acceptors (Lipinski definition) is 6. The summed E-state index contributed by atoms with van der Waals surface area (Å²) in [6, 6.07) is 4.09. The van der Waals surface area contributed by atoms with Gasteiger partial charge >= 0.3 is 12.1 Å². The first-order chi connectivity index (χ1) is 13.5. The second-order valence-corrected chi connectivity index (χ2v) is 8.10. The number of nitrogens with zero attached hydrogens (tertiary/aromatic N) is 4. The molecule has 0 aromatic carbocycles. The number of fused-ring (bicyclic) bond motifs is 2. The van der Waals surface area contributed by atoms with Crippen molar-refractivity contribution in [3.8, 4) is 0 Å². The summed E-state index contributed by atoms with van der Waals surface area (Å²) in [7, 11) is 2.10. The number of aromatic nitrogens is 2. The van der Waals surface area contributed by atoms with Gasteiger partial charge in [-0.05, 0) is 25.5 Å². The van der Waals surface area contributed by atoms with Crippen LogP contribution in [0.2, 0.25) is 0 Å². The Labute approximate surface area is 168 Å². The number of hydrogen-bond donors (Lipinski definition) is 1. The van der Waals surface area contributed by atoms with Gasteiger partial charge in [0, 0.05) is 38.3 Å². The predicted octanol–water partition coefficient (Wildman–Crippen LogP) is 2.71. The summed E-state index contributed by atoms with van der Waals surface area (Å²) in [5, 5.41) is 9.92. The fourth-order valence-corrected chi connectivity index (χ4v) is 4.31. The normalized spacial score (nSPS) is 20.4. The van der Waals surface area contributed by atoms with Crippen LogP contribution < -0.4 is 4.90 Å². The third kappa shape index (κ3) is 4.19. The molecule has 29 heavy (non-hydrogen) atoms. The highest BCUT2D eigenvalue weighted by Gasteiger charge is 2.48. The average molecular weight is 428 g/mol. The molecular formula is C18H19F3N4O3S. The van der Waals surface area contributed by atoms with E-state index in [9.17, 15) is 18.0 Å². The number of likely N-dealkylation sites (tertiary alicyclic amines) is 1. The molecule has 156 valence electrons. The van der Waals surface area contributed by atoms with Crippen LogP contribution in [-0.2, 0) is 10.2 Å². The molecule has 2 aromatic rings. The Morgan fingerprint density at radius 3 is 2.59 bits per heavy atom. The van der Waals surface area contributed by atoms with Crippen molar-refractivity contribution in [2.24, 2.45) is 0 Å². The first-order valence-corrected chi connectivity index (χ1v) is 9.60. The van der Waals surface area contributed by atoms with Gasteiger partial charge in [-0.15, -0.1) is 11.3 Å². The van der Waals surface area contributed by atoms with Crippen molar-refractivity contribution < 1.29 is 27.9 Å². The Kier molecular flexibility index (Phi) is 5.52. The van der Waals surface area contributed by atoms with Gasteiger partial charge in [-0.2, -0.15) is 13.2 Å². The number of halogens is 3. The topological polar surface area (TPSA) is 86.6 Å². The smallest absolute Gasteiger partial charge is 0.475 e. The Morgan fingerprint density at radius 2 is 2.00 bits per heavy atom. The summed E-state index contributed by atoms with van der Waals surface area (Å²) < 4.78 is 31.7. The lowest BCUT2D eigenvalue weighted by Gasteiger charge is -2.24. The maximum atomic E-state index is 12.6. The highest BCUT2D eigenvalue weighted by Crippen LogP contribution is 2.44. The number of anilines is 1. The number of rotatable bonds is 1. The second kappa shape index (κ2) is 7.62. The van der Waals surface area contributed by atoms with E-state index in [2.05, 4.69) is 28.0 Å². The van der Waals surface area contributed by atoms with Gasteiger partial charge in [0.2, 0.25) is 0 Å². The lowest BCUT2D eigenvalue weighted by atomic mass is 9.85. The SMILES string of the molecule is Cc1nc(C(=O)N2CCC3(C2)CN(C)c2cccnc23)cs1.O=C(O)C(F)(F)F. The van der Waals surface area contributed by atoms with Crippen molar-refractivity contribution in [1.82, 2.24) is 14.9 Å². The van der Waals surface area contributed by atoms with Crippen molar-refractivity contribution in [1.29, 1.82) is 0 Å². The second-order valence-electron chi connectivity index (χ2n) is 7.04. The number of aryl methyl sites for hydroxylation is 1. The number of carboxylic acid groups (broad SMARTS) is 1. The summed E-state index contributed by atoms with van der Waals surface area (Å²) in [6.07, 6.45) is -2.26. The van der Waals surface area contributed by atoms with Gasteiger partial charge in [0.15, 0.2) is 0 Å². The van der Waals surface area contributed by atoms with E-state index in [4.69, 9.17) is 9.90 Å². The fraction of sp³-hybridized carbons (Fsp3) is 0.444. The van der Waals surface area contributed by atoms with Crippen molar-refractivity contribution in [3.05, 3.63) is 40.1 Å². The Morgan fingerprint density at radius 1 is 1.31 bits per heavy atom. The van der Waals surface area contributed by atoms with Crippen LogP contribution in [0, 0.1) is 6.92 Å². The zero-order chi connectivity index (χ0) is 21.4. The number of alkyl halides is 3. The number of likely N-dealkylation sites (N-methyl/N-ethyl adjacent to an activating group) is 1. The van der Waals surface area contributed by atoms with Gasteiger partial charge in [-0.3, -0.25) is 9.78 Å². The van der Waals surface area contributed by atoms with E-state index in [1.54, 1.807) is 0 Å². The molecule has 2 aliphatic heterocycles. The molecule has 0 bridgehead atoms. The van der Waals surface area contributed by atoms with E-state index in [0.29, 0.717) is 5.69 Å². The van der Waals surface area contributed by atoms with Crippen molar-refractivity contribution >= 4 is 28.9 Å². The largest absolute Gasteiger partial charge is 0.490 e. The molecule has 11 heteroatoms. The molecule has 0 radical (unpaired) electrons. The monoisotopic (exact) mass is 428 g/mol. The minimum Gasteiger partial charge on any atom is -0.475 e. The van der Waals surface area contributed by atoms with E-state index >= 15 is 0 Å². The summed E-state index contributed by atoms with van der Waals surface area (Å²) in [4.78, 5) is 34.7. The minimum absolute atomic E-state index is 0.0218. The van der Waals surface area contributed by atoms with Gasteiger partial charge in [0.25, 0.3) is 5.91 Å². The van der Waals surface area contributed by atoms with Crippen LogP contribution >= 0.6 is 11.3 Å². The van der Waals surface area contributed by atoms with Crippen LogP contribution in [0.4, 0.5) is 18.9 Å². The number of aliphatic carboxylic acids is 1. The molecule has 1 unspecified atom stereocenters. The van der Waals surface area contributed by atoms with Crippen LogP contribution in [0.25, 0.3) is 0 Å². The molecule has 1 saturated heterocycles. The molecule has 2 aliphatic rings. The van der Waals surface area contributed by atoms with Crippen LogP contribution in [0.15, 0.2) is 23.7 Å². The Bertz CT molecular complexity index is 933. The third-order valence-electron chi connectivity index (χ3n) is 4.96. The van der Waals surface area contributed by atoms with Gasteiger partial charge in [-0.1, -0.05) is 0 Å². The molecule has 7 nitrogen and oxygen atoms in total. The summed E-state index contributed by atoms with van der Waals surface area (Å²) in [5.74, 6) is -2.71. The minimum atomic E-state index is -5.08. The number of carbonyl (C=O) groups excluding carboxylic acids is 1. The first kappa shape index (κ1) is 21.0. The standard InChI is InChI=1S/C16H18N4OS.C2HF3O2/c1-11-18-12(8-22-11)15(21)20-7-5-16(10-20)9-19(2)13-4-3-6-17-14(13)16;3-2(4,5)1(6)7/h3-4,6,8H,5,7,9-10H2,1-2H3;(H,6,7). The number of pyridine rings is 1. The lowest BCUT2D eigenvalue weighted by molar-refractivity contribution is -0.192. The average Bonchev–Trinajstić information content (AvgIpc) is 3.34. The number of carboxylic acids is 1. The van der Waals surface area contributed by atoms with Crippen LogP contribution in [-0.4, -0.2) is 64.7 Å². The van der Waals surface area contributed by atoms with Crippen molar-refractivity contribution in [3.63, 3.8) is 0 Å². The number of carbonyl (C=O) groups is 2. The highest BCUT2D eigenvalue weighted by atomic mass is 32.1. The van der Waals surface area contributed by atoms with E-state index < -0.39 is 12.1 Å². The van der Waals surface area contributed by atoms with Crippen LogP contribution in [0.3, 0.4) is 0 Å². The molecule has 0 saturated carbocycles. The lowest BCUT2D eigenvalue weighted by Crippen LogP contribution is -2.37. The van der Waals surface area contributed by atoms with Crippen LogP contribution in [0.1, 0.15) is 27.6 Å². The molecule has 1 amide bonds. The maximum Gasteiger partial charge on any atom is 0.490 e. The molecule has 1 spiro atoms. The molecule has 2 aromatic heterocycles. The van der Waals surface area contributed by atoms with Crippen molar-refractivity contribution in [2.45, 2.75) is 24.9 Å². The first-order valence-electron chi connectivity index (χ1n) is 8.72. The zero-order valence-electron chi connectivity index (χ0n) is 15.7. The molecular weight excluding hydrogens is 409 g/mol. The van der Waals surface area contributed by atoms with Crippen molar-refractivity contribution in [2.75, 3.05) is 31.6 Å². The summed E-state index contributed by atoms with van der Waals surface area (Å²) >= 11 is 1.53. The van der Waals surface area contributed by atoms with Gasteiger partial charge in [0.05, 0.1) is 21.8 Å². The van der Waals surface area contributed by atoms with Gasteiger partial charge in [0.1, 0.15) is 5.69 Å². The summed E-state index contributed by atoms with van der Waals surface area (Å²) in [5.41, 5.74) is 2.89. The van der Waals surface area contributed by atoms with E-state index in [1.807, 2.05) is 29.5 Å². The highest BCUT2D eigenvalue weighted by molar-refractivity contribution is 7.09. The Hall–Kier alpha value is -2.69. The quantitative estimate of drug-likeness (QED) is 0.752. The Balaban J connectivity index is 0.000000298. The van der Waals surface area contributed by atoms with Gasteiger partial charge < -0.3 is 14.9 Å².